The average Bonchev–Trinajstić information content (AvgIpc) is 3.04. The van der Waals surface area contributed by atoms with Crippen LogP contribution in [0.3, 0.4) is 0 Å². The van der Waals surface area contributed by atoms with Crippen LogP contribution >= 0.6 is 11.6 Å². The molecule has 4 rings (SSSR count). The van der Waals surface area contributed by atoms with Crippen molar-refractivity contribution in [1.29, 1.82) is 5.26 Å². The van der Waals surface area contributed by atoms with E-state index in [1.165, 1.54) is 4.90 Å². The van der Waals surface area contributed by atoms with Crippen molar-refractivity contribution in [3.8, 4) is 17.3 Å². The molecule has 2 aromatic carbocycles. The number of nitrogens with one attached hydrogen (secondary N) is 1. The summed E-state index contributed by atoms with van der Waals surface area (Å²) in [6.45, 7) is 5.59. The molecule has 1 amide bonds. The number of benzene rings is 2. The number of aromatic amines is 1. The van der Waals surface area contributed by atoms with Crippen LogP contribution in [0.25, 0.3) is 11.3 Å². The third-order valence-corrected chi connectivity index (χ3v) is 6.09. The third-order valence-electron chi connectivity index (χ3n) is 5.63. The van der Waals surface area contributed by atoms with Crippen LogP contribution in [0.15, 0.2) is 36.4 Å². The molecule has 3 aromatic rings. The predicted molar refractivity (Wildman–Crippen MR) is 113 cm³/mol. The molecule has 1 fully saturated rings. The number of rotatable bonds is 3. The molecule has 0 radical (unpaired) electrons. The zero-order valence-corrected chi connectivity index (χ0v) is 17.6. The molecular formula is C23H20ClFN4O. The minimum atomic E-state index is -1.60. The topological polar surface area (TPSA) is 72.8 Å². The fourth-order valence-electron chi connectivity index (χ4n) is 3.83. The van der Waals surface area contributed by atoms with Gasteiger partial charge in [0.1, 0.15) is 5.69 Å². The fourth-order valence-corrected chi connectivity index (χ4v) is 4.02. The number of halogens is 2. The number of hydrogen-bond acceptors (Lipinski definition) is 3. The Balaban J connectivity index is 1.59. The molecule has 1 N–H and O–H groups in total. The van der Waals surface area contributed by atoms with Crippen molar-refractivity contribution in [2.24, 2.45) is 0 Å². The van der Waals surface area contributed by atoms with E-state index in [4.69, 9.17) is 16.9 Å². The van der Waals surface area contributed by atoms with Crippen molar-refractivity contribution in [3.63, 3.8) is 0 Å². The second-order valence-electron chi connectivity index (χ2n) is 7.81. The van der Waals surface area contributed by atoms with Gasteiger partial charge in [-0.05, 0) is 55.7 Å². The Hall–Kier alpha value is -3.17. The summed E-state index contributed by atoms with van der Waals surface area (Å²) in [7, 11) is 0. The summed E-state index contributed by atoms with van der Waals surface area (Å²) in [6, 6.07) is 12.1. The van der Waals surface area contributed by atoms with Crippen LogP contribution < -0.4 is 0 Å². The van der Waals surface area contributed by atoms with Crippen LogP contribution in [0.1, 0.15) is 38.3 Å². The van der Waals surface area contributed by atoms with Crippen LogP contribution in [-0.2, 0) is 5.67 Å². The van der Waals surface area contributed by atoms with E-state index in [1.54, 1.807) is 30.3 Å². The fraction of sp³-hybridized carbons (Fsp3) is 0.261. The number of aromatic nitrogens is 2. The number of nitriles is 1. The first-order valence-electron chi connectivity index (χ1n) is 9.54. The van der Waals surface area contributed by atoms with Crippen LogP contribution in [0.4, 0.5) is 4.39 Å². The first-order chi connectivity index (χ1) is 14.2. The summed E-state index contributed by atoms with van der Waals surface area (Å²) < 4.78 is 15.3. The van der Waals surface area contributed by atoms with Crippen molar-refractivity contribution < 1.29 is 9.18 Å². The molecule has 1 aromatic heterocycles. The molecule has 30 heavy (non-hydrogen) atoms. The van der Waals surface area contributed by atoms with Crippen molar-refractivity contribution >= 4 is 17.5 Å². The number of amides is 1. The lowest BCUT2D eigenvalue weighted by molar-refractivity contribution is -0.0231. The van der Waals surface area contributed by atoms with Crippen molar-refractivity contribution in [3.05, 3.63) is 74.9 Å². The lowest BCUT2D eigenvalue weighted by Gasteiger charge is -2.45. The molecule has 0 spiro atoms. The van der Waals surface area contributed by atoms with E-state index in [0.29, 0.717) is 27.4 Å². The Labute approximate surface area is 179 Å². The van der Waals surface area contributed by atoms with Crippen LogP contribution in [0.2, 0.25) is 5.02 Å². The summed E-state index contributed by atoms with van der Waals surface area (Å²) >= 11 is 6.36. The van der Waals surface area contributed by atoms with Crippen molar-refractivity contribution in [2.45, 2.75) is 26.4 Å². The number of carbonyl (C=O) groups is 1. The highest BCUT2D eigenvalue weighted by Crippen LogP contribution is 2.38. The number of alkyl halides is 1. The van der Waals surface area contributed by atoms with E-state index < -0.39 is 5.67 Å². The smallest absolute Gasteiger partial charge is 0.254 e. The molecular weight excluding hydrogens is 403 g/mol. The maximum absolute atomic E-state index is 15.3. The second kappa shape index (κ2) is 7.26. The van der Waals surface area contributed by atoms with Crippen LogP contribution in [0.5, 0.6) is 0 Å². The zero-order chi connectivity index (χ0) is 21.6. The average molecular weight is 423 g/mol. The largest absolute Gasteiger partial charge is 0.331 e. The SMILES string of the molecule is Cc1cc(C)c(-c2n[nH]c(C)c2Cl)cc1C(=O)N1CC(F)(c2ccc(C#N)cc2)C1. The van der Waals surface area contributed by atoms with Gasteiger partial charge in [-0.1, -0.05) is 29.8 Å². The molecule has 0 bridgehead atoms. The molecule has 5 nitrogen and oxygen atoms in total. The molecule has 1 aliphatic rings. The normalized spacial score (nSPS) is 14.9. The molecule has 2 heterocycles. The zero-order valence-electron chi connectivity index (χ0n) is 16.9. The van der Waals surface area contributed by atoms with E-state index in [2.05, 4.69) is 10.2 Å². The quantitative estimate of drug-likeness (QED) is 0.655. The van der Waals surface area contributed by atoms with Gasteiger partial charge in [-0.2, -0.15) is 10.4 Å². The minimum absolute atomic E-state index is 0.0251. The number of carbonyl (C=O) groups excluding carboxylic acids is 1. The van der Waals surface area contributed by atoms with Gasteiger partial charge in [0.05, 0.1) is 35.4 Å². The number of likely N-dealkylation sites (tertiary alicyclic amines) is 1. The Morgan fingerprint density at radius 3 is 2.43 bits per heavy atom. The highest BCUT2D eigenvalue weighted by atomic mass is 35.5. The summed E-state index contributed by atoms with van der Waals surface area (Å²) in [4.78, 5) is 14.6. The van der Waals surface area contributed by atoms with Crippen molar-refractivity contribution in [2.75, 3.05) is 13.1 Å². The van der Waals surface area contributed by atoms with E-state index in [9.17, 15) is 4.79 Å². The summed E-state index contributed by atoms with van der Waals surface area (Å²) in [5.74, 6) is -0.223. The highest BCUT2D eigenvalue weighted by molar-refractivity contribution is 6.33. The van der Waals surface area contributed by atoms with E-state index >= 15 is 4.39 Å². The summed E-state index contributed by atoms with van der Waals surface area (Å²) in [5.41, 5.74) is 3.77. The Bertz CT molecular complexity index is 1190. The molecule has 7 heteroatoms. The first-order valence-corrected chi connectivity index (χ1v) is 9.92. The predicted octanol–water partition coefficient (Wildman–Crippen LogP) is 4.85. The number of nitrogens with zero attached hydrogens (tertiary/aromatic N) is 3. The Morgan fingerprint density at radius 1 is 1.20 bits per heavy atom. The van der Waals surface area contributed by atoms with Gasteiger partial charge in [0, 0.05) is 11.1 Å². The van der Waals surface area contributed by atoms with Crippen LogP contribution in [-0.4, -0.2) is 34.1 Å². The standard InChI is InChI=1S/C23H20ClFN4O/c1-13-8-14(2)19(9-18(13)21-20(24)15(3)27-28-21)22(30)29-11-23(25,12-29)17-6-4-16(10-26)5-7-17/h4-9H,11-12H2,1-3H3,(H,27,28). The third kappa shape index (κ3) is 3.25. The Morgan fingerprint density at radius 2 is 1.87 bits per heavy atom. The van der Waals surface area contributed by atoms with Gasteiger partial charge in [0.15, 0.2) is 5.67 Å². The molecule has 0 saturated carbocycles. The number of aryl methyl sites for hydroxylation is 3. The van der Waals surface area contributed by atoms with E-state index in [-0.39, 0.29) is 19.0 Å². The Kier molecular flexibility index (Phi) is 4.87. The van der Waals surface area contributed by atoms with Gasteiger partial charge in [-0.15, -0.1) is 0 Å². The molecule has 1 aliphatic heterocycles. The van der Waals surface area contributed by atoms with Gasteiger partial charge in [0.2, 0.25) is 0 Å². The number of hydrogen-bond donors (Lipinski definition) is 1. The first kappa shape index (κ1) is 20.1. The van der Waals surface area contributed by atoms with Gasteiger partial charge >= 0.3 is 0 Å². The molecule has 1 saturated heterocycles. The number of H-pyrrole nitrogens is 1. The second-order valence-corrected chi connectivity index (χ2v) is 8.19. The molecule has 0 atom stereocenters. The highest BCUT2D eigenvalue weighted by Gasteiger charge is 2.47. The van der Waals surface area contributed by atoms with Gasteiger partial charge in [-0.3, -0.25) is 9.89 Å². The van der Waals surface area contributed by atoms with Gasteiger partial charge in [-0.25, -0.2) is 4.39 Å². The molecule has 152 valence electrons. The van der Waals surface area contributed by atoms with E-state index in [0.717, 1.165) is 22.4 Å². The van der Waals surface area contributed by atoms with Crippen molar-refractivity contribution in [1.82, 2.24) is 15.1 Å². The lowest BCUT2D eigenvalue weighted by Crippen LogP contribution is -2.58. The summed E-state index contributed by atoms with van der Waals surface area (Å²) in [6.07, 6.45) is 0. The summed E-state index contributed by atoms with van der Waals surface area (Å²) in [5, 5.41) is 16.6. The van der Waals surface area contributed by atoms with Gasteiger partial charge in [0.25, 0.3) is 5.91 Å². The maximum Gasteiger partial charge on any atom is 0.254 e. The molecule has 0 unspecified atom stereocenters. The van der Waals surface area contributed by atoms with Crippen LogP contribution in [0, 0.1) is 32.1 Å². The minimum Gasteiger partial charge on any atom is -0.331 e. The maximum atomic E-state index is 15.3. The lowest BCUT2D eigenvalue weighted by atomic mass is 9.86. The van der Waals surface area contributed by atoms with Gasteiger partial charge < -0.3 is 4.90 Å². The van der Waals surface area contributed by atoms with E-state index in [1.807, 2.05) is 32.9 Å². The monoisotopic (exact) mass is 422 g/mol. The molecule has 0 aliphatic carbocycles.